The molecule has 7 nitrogen and oxygen atoms in total. The van der Waals surface area contributed by atoms with Crippen molar-refractivity contribution in [2.45, 2.75) is 30.8 Å². The summed E-state index contributed by atoms with van der Waals surface area (Å²) in [7, 11) is 1.22. The fourth-order valence-corrected chi connectivity index (χ4v) is 3.79. The molecular weight excluding hydrogens is 462 g/mol. The minimum atomic E-state index is -5.12. The third-order valence-corrected chi connectivity index (χ3v) is 5.31. The zero-order valence-corrected chi connectivity index (χ0v) is 17.2. The van der Waals surface area contributed by atoms with Crippen LogP contribution >= 0.6 is 12.2 Å². The molecule has 1 spiro atoms. The SMILES string of the molecule is [2H]C1([2H])C([2H])([2H])C2(C(=O)N(c3cnc(C#N)c(C(F)(F)F)c3)C(=S)N2c2ccc(C(=O)NC)c(F)c2)C1([2H])[2H]. The molecule has 0 unspecified atom stereocenters. The number of amides is 2. The Morgan fingerprint density at radius 3 is 2.61 bits per heavy atom. The molecular formula is C21H15F4N5O2S. The predicted molar refractivity (Wildman–Crippen MR) is 113 cm³/mol. The van der Waals surface area contributed by atoms with Crippen molar-refractivity contribution in [2.75, 3.05) is 16.8 Å². The van der Waals surface area contributed by atoms with Gasteiger partial charge in [-0.2, -0.15) is 18.4 Å². The van der Waals surface area contributed by atoms with E-state index in [1.54, 1.807) is 0 Å². The maximum atomic E-state index is 14.9. The van der Waals surface area contributed by atoms with Crippen molar-refractivity contribution in [1.29, 1.82) is 5.26 Å². The van der Waals surface area contributed by atoms with Crippen LogP contribution < -0.4 is 15.1 Å². The lowest BCUT2D eigenvalue weighted by Crippen LogP contribution is -2.55. The predicted octanol–water partition coefficient (Wildman–Crippen LogP) is 3.53. The molecule has 33 heavy (non-hydrogen) atoms. The number of nitrogens with one attached hydrogen (secondary N) is 1. The number of benzene rings is 1. The molecule has 170 valence electrons. The van der Waals surface area contributed by atoms with Crippen LogP contribution in [0.5, 0.6) is 0 Å². The first-order valence-electron chi connectivity index (χ1n) is 12.0. The van der Waals surface area contributed by atoms with Gasteiger partial charge in [-0.1, -0.05) is 0 Å². The lowest BCUT2D eigenvalue weighted by atomic mass is 9.75. The second-order valence-corrected chi connectivity index (χ2v) is 7.15. The monoisotopic (exact) mass is 483 g/mol. The Labute approximate surface area is 199 Å². The van der Waals surface area contributed by atoms with Crippen molar-refractivity contribution in [2.24, 2.45) is 0 Å². The number of nitriles is 1. The molecule has 0 atom stereocenters. The second-order valence-electron chi connectivity index (χ2n) is 6.79. The van der Waals surface area contributed by atoms with Gasteiger partial charge in [0.05, 0.1) is 23.0 Å². The van der Waals surface area contributed by atoms with Crippen LogP contribution in [0.4, 0.5) is 28.9 Å². The number of aromatic nitrogens is 1. The highest BCUT2D eigenvalue weighted by Crippen LogP contribution is 2.48. The van der Waals surface area contributed by atoms with E-state index < -0.39 is 81.8 Å². The fraction of sp³-hybridized carbons (Fsp3) is 0.286. The standard InChI is InChI=1S/C21H15F4N5O2S/c1-27-17(31)13-4-3-11(8-15(13)22)30-19(33)29(18(32)20(30)5-2-6-20)12-7-14(21(23,24)25)16(9-26)28-10-12/h3-4,7-8,10H,2,5-6H2,1H3,(H,27,31)/i2D2,5D2,6D2. The van der Waals surface area contributed by atoms with E-state index in [2.05, 4.69) is 10.3 Å². The highest BCUT2D eigenvalue weighted by Gasteiger charge is 2.59. The van der Waals surface area contributed by atoms with E-state index in [1.165, 1.54) is 13.1 Å². The minimum absolute atomic E-state index is 0.328. The van der Waals surface area contributed by atoms with Crippen LogP contribution in [0.25, 0.3) is 0 Å². The number of halogens is 4. The Morgan fingerprint density at radius 2 is 2.03 bits per heavy atom. The highest BCUT2D eigenvalue weighted by molar-refractivity contribution is 7.81. The third kappa shape index (κ3) is 3.39. The molecule has 12 heteroatoms. The molecule has 1 aliphatic carbocycles. The van der Waals surface area contributed by atoms with E-state index >= 15 is 0 Å². The topological polar surface area (TPSA) is 89.3 Å². The van der Waals surface area contributed by atoms with Gasteiger partial charge in [0.2, 0.25) is 0 Å². The molecule has 1 aliphatic heterocycles. The van der Waals surface area contributed by atoms with Crippen LogP contribution in [-0.2, 0) is 11.0 Å². The van der Waals surface area contributed by atoms with E-state index in [-0.39, 0.29) is 0 Å². The molecule has 2 heterocycles. The van der Waals surface area contributed by atoms with Gasteiger partial charge < -0.3 is 10.2 Å². The number of carbonyl (C=O) groups excluding carboxylic acids is 2. The first-order chi connectivity index (χ1) is 17.8. The van der Waals surface area contributed by atoms with Crippen LogP contribution in [0.1, 0.15) is 49.0 Å². The molecule has 0 bridgehead atoms. The normalized spacial score (nSPS) is 24.5. The summed E-state index contributed by atoms with van der Waals surface area (Å²) in [4.78, 5) is 30.0. The molecule has 0 radical (unpaired) electrons. The van der Waals surface area contributed by atoms with E-state index in [9.17, 15) is 27.2 Å². The first kappa shape index (κ1) is 16.1. The van der Waals surface area contributed by atoms with E-state index in [4.69, 9.17) is 25.7 Å². The summed E-state index contributed by atoms with van der Waals surface area (Å²) in [5, 5.41) is 10.4. The molecule has 2 fully saturated rings. The molecule has 2 aliphatic rings. The number of hydrogen-bond acceptors (Lipinski definition) is 5. The maximum Gasteiger partial charge on any atom is 0.419 e. The van der Waals surface area contributed by atoms with Crippen LogP contribution in [0, 0.1) is 17.1 Å². The van der Waals surface area contributed by atoms with Crippen molar-refractivity contribution in [3.8, 4) is 6.07 Å². The van der Waals surface area contributed by atoms with Crippen molar-refractivity contribution >= 4 is 40.5 Å². The Bertz CT molecular complexity index is 1480. The zero-order chi connectivity index (χ0) is 29.5. The summed E-state index contributed by atoms with van der Waals surface area (Å²) in [6.07, 6.45) is -14.5. The van der Waals surface area contributed by atoms with Crippen molar-refractivity contribution in [1.82, 2.24) is 10.3 Å². The number of carbonyl (C=O) groups is 2. The van der Waals surface area contributed by atoms with Gasteiger partial charge in [-0.15, -0.1) is 0 Å². The average molecular weight is 483 g/mol. The Morgan fingerprint density at radius 1 is 1.33 bits per heavy atom. The molecule has 2 aromatic rings. The number of hydrogen-bond donors (Lipinski definition) is 1. The lowest BCUT2D eigenvalue weighted by molar-refractivity contribution is -0.138. The summed E-state index contributed by atoms with van der Waals surface area (Å²) >= 11 is 5.28. The van der Waals surface area contributed by atoms with E-state index in [0.717, 1.165) is 12.1 Å². The number of alkyl halides is 3. The van der Waals surface area contributed by atoms with Gasteiger partial charge in [0.1, 0.15) is 17.4 Å². The second kappa shape index (κ2) is 7.77. The molecule has 1 saturated heterocycles. The zero-order valence-electron chi connectivity index (χ0n) is 22.4. The van der Waals surface area contributed by atoms with E-state index in [0.29, 0.717) is 28.1 Å². The smallest absolute Gasteiger partial charge is 0.355 e. The Kier molecular flexibility index (Phi) is 3.79. The summed E-state index contributed by atoms with van der Waals surface area (Å²) in [5.74, 6) is -3.64. The van der Waals surface area contributed by atoms with Gasteiger partial charge in [-0.3, -0.25) is 14.5 Å². The number of pyridine rings is 1. The summed E-state index contributed by atoms with van der Waals surface area (Å²) in [6.45, 7) is 0. The van der Waals surface area contributed by atoms with Gasteiger partial charge >= 0.3 is 6.18 Å². The minimum Gasteiger partial charge on any atom is -0.355 e. The van der Waals surface area contributed by atoms with Gasteiger partial charge in [0, 0.05) is 21.0 Å². The molecule has 2 amide bonds. The lowest BCUT2D eigenvalue weighted by Gasteiger charge is -2.43. The summed E-state index contributed by atoms with van der Waals surface area (Å²) < 4.78 is 105. The van der Waals surface area contributed by atoms with Crippen LogP contribution in [0.15, 0.2) is 30.5 Å². The van der Waals surface area contributed by atoms with Gasteiger partial charge in [-0.25, -0.2) is 9.37 Å². The van der Waals surface area contributed by atoms with Gasteiger partial charge in [0.15, 0.2) is 10.8 Å². The van der Waals surface area contributed by atoms with Crippen molar-refractivity contribution in [3.05, 3.63) is 53.1 Å². The molecule has 1 saturated carbocycles. The Balaban J connectivity index is 2.00. The van der Waals surface area contributed by atoms with Crippen LogP contribution in [-0.4, -0.2) is 34.5 Å². The number of anilines is 2. The quantitative estimate of drug-likeness (QED) is 0.531. The largest absolute Gasteiger partial charge is 0.419 e. The van der Waals surface area contributed by atoms with E-state index in [1.807, 2.05) is 0 Å². The third-order valence-electron chi connectivity index (χ3n) is 4.94. The molecule has 1 aromatic heterocycles. The number of rotatable bonds is 3. The number of nitrogens with zero attached hydrogens (tertiary/aromatic N) is 4. The maximum absolute atomic E-state index is 14.9. The molecule has 4 rings (SSSR count). The summed E-state index contributed by atoms with van der Waals surface area (Å²) in [5.41, 5.74) is -7.46. The van der Waals surface area contributed by atoms with Crippen LogP contribution in [0.3, 0.4) is 0 Å². The fourth-order valence-electron chi connectivity index (χ4n) is 3.36. The highest BCUT2D eigenvalue weighted by atomic mass is 32.1. The van der Waals surface area contributed by atoms with Gasteiger partial charge in [-0.05, 0) is 55.6 Å². The Hall–Kier alpha value is -3.59. The van der Waals surface area contributed by atoms with Crippen molar-refractivity contribution < 1.29 is 35.4 Å². The summed E-state index contributed by atoms with van der Waals surface area (Å²) in [6, 6.07) is 4.15. The first-order valence-corrected chi connectivity index (χ1v) is 9.43. The van der Waals surface area contributed by atoms with Gasteiger partial charge in [0.25, 0.3) is 11.8 Å². The van der Waals surface area contributed by atoms with Crippen LogP contribution in [0.2, 0.25) is 0 Å². The average Bonchev–Trinajstić information content (AvgIpc) is 3.10. The molecule has 1 aromatic carbocycles. The number of thiocarbonyl (C=S) groups is 1. The van der Waals surface area contributed by atoms with Crippen molar-refractivity contribution in [3.63, 3.8) is 0 Å². The molecule has 1 N–H and O–H groups in total.